The molecule has 0 saturated carbocycles. The van der Waals surface area contributed by atoms with Gasteiger partial charge in [-0.3, -0.25) is 0 Å². The summed E-state index contributed by atoms with van der Waals surface area (Å²) >= 11 is 2.26. The summed E-state index contributed by atoms with van der Waals surface area (Å²) < 4.78 is 6.29. The molecule has 0 aromatic heterocycles. The zero-order chi connectivity index (χ0) is 13.7. The first kappa shape index (κ1) is 13.6. The Morgan fingerprint density at radius 1 is 1.11 bits per heavy atom. The van der Waals surface area contributed by atoms with Crippen molar-refractivity contribution in [2.45, 2.75) is 0 Å². The topological polar surface area (TPSA) is 33.0 Å². The molecule has 0 aliphatic rings. The zero-order valence-corrected chi connectivity index (χ0v) is 12.6. The fourth-order valence-corrected chi connectivity index (χ4v) is 2.04. The van der Waals surface area contributed by atoms with E-state index in [0.29, 0.717) is 5.57 Å². The van der Waals surface area contributed by atoms with Crippen molar-refractivity contribution in [3.8, 4) is 11.8 Å². The molecule has 0 unspecified atom stereocenters. The van der Waals surface area contributed by atoms with Crippen molar-refractivity contribution < 1.29 is 4.74 Å². The SMILES string of the molecule is COc1ccc(/C(C#N)=C/c2ccc(I)cc2)cc1. The lowest BCUT2D eigenvalue weighted by atomic mass is 10.0. The molecule has 94 valence electrons. The Balaban J connectivity index is 2.33. The first-order chi connectivity index (χ1) is 9.22. The van der Waals surface area contributed by atoms with Crippen molar-refractivity contribution in [1.82, 2.24) is 0 Å². The highest BCUT2D eigenvalue weighted by atomic mass is 127. The minimum absolute atomic E-state index is 0.642. The third-order valence-electron chi connectivity index (χ3n) is 2.70. The van der Waals surface area contributed by atoms with Crippen LogP contribution in [0.2, 0.25) is 0 Å². The van der Waals surface area contributed by atoms with Gasteiger partial charge in [0, 0.05) is 3.57 Å². The number of benzene rings is 2. The smallest absolute Gasteiger partial charge is 0.118 e. The summed E-state index contributed by atoms with van der Waals surface area (Å²) in [5.74, 6) is 0.787. The van der Waals surface area contributed by atoms with Crippen LogP contribution < -0.4 is 4.74 Å². The van der Waals surface area contributed by atoms with Crippen molar-refractivity contribution in [2.24, 2.45) is 0 Å². The molecule has 0 aliphatic heterocycles. The summed E-state index contributed by atoms with van der Waals surface area (Å²) in [6.07, 6.45) is 1.89. The highest BCUT2D eigenvalue weighted by molar-refractivity contribution is 14.1. The van der Waals surface area contributed by atoms with Crippen LogP contribution in [0.4, 0.5) is 0 Å². The van der Waals surface area contributed by atoms with Gasteiger partial charge >= 0.3 is 0 Å². The lowest BCUT2D eigenvalue weighted by molar-refractivity contribution is 0.415. The van der Waals surface area contributed by atoms with E-state index in [1.165, 1.54) is 3.57 Å². The van der Waals surface area contributed by atoms with E-state index in [1.54, 1.807) is 7.11 Å². The molecule has 19 heavy (non-hydrogen) atoms. The summed E-state index contributed by atoms with van der Waals surface area (Å²) in [7, 11) is 1.63. The number of halogens is 1. The van der Waals surface area contributed by atoms with Crippen LogP contribution in [0.3, 0.4) is 0 Å². The van der Waals surface area contributed by atoms with Gasteiger partial charge in [0.2, 0.25) is 0 Å². The molecule has 0 amide bonds. The molecule has 0 aliphatic carbocycles. The van der Waals surface area contributed by atoms with Gasteiger partial charge in [-0.2, -0.15) is 5.26 Å². The van der Waals surface area contributed by atoms with E-state index < -0.39 is 0 Å². The summed E-state index contributed by atoms with van der Waals surface area (Å²) in [6.45, 7) is 0. The highest BCUT2D eigenvalue weighted by Gasteiger charge is 2.01. The van der Waals surface area contributed by atoms with Gasteiger partial charge in [0.1, 0.15) is 5.75 Å². The summed E-state index contributed by atoms with van der Waals surface area (Å²) in [4.78, 5) is 0. The van der Waals surface area contributed by atoms with Crippen LogP contribution in [0.25, 0.3) is 11.6 Å². The molecular weight excluding hydrogens is 349 g/mol. The Kier molecular flexibility index (Phi) is 4.58. The maximum Gasteiger partial charge on any atom is 0.118 e. The fraction of sp³-hybridized carbons (Fsp3) is 0.0625. The predicted octanol–water partition coefficient (Wildman–Crippen LogP) is 4.36. The Bertz CT molecular complexity index is 621. The molecule has 2 rings (SSSR count). The maximum absolute atomic E-state index is 9.27. The number of hydrogen-bond donors (Lipinski definition) is 0. The Hall–Kier alpha value is -1.80. The standard InChI is InChI=1S/C16H12INO/c1-19-16-8-4-13(5-9-16)14(11-18)10-12-2-6-15(17)7-3-12/h2-10H,1H3/b14-10+. The van der Waals surface area contributed by atoms with Crippen LogP contribution in [0.1, 0.15) is 11.1 Å². The Morgan fingerprint density at radius 3 is 2.26 bits per heavy atom. The summed E-state index contributed by atoms with van der Waals surface area (Å²) in [5.41, 5.74) is 2.55. The first-order valence-electron chi connectivity index (χ1n) is 5.75. The van der Waals surface area contributed by atoms with Gasteiger partial charge < -0.3 is 4.74 Å². The molecule has 0 N–H and O–H groups in total. The predicted molar refractivity (Wildman–Crippen MR) is 85.6 cm³/mol. The number of nitriles is 1. The molecule has 0 atom stereocenters. The Morgan fingerprint density at radius 2 is 1.74 bits per heavy atom. The van der Waals surface area contributed by atoms with E-state index >= 15 is 0 Å². The number of ether oxygens (including phenoxy) is 1. The van der Waals surface area contributed by atoms with Crippen molar-refractivity contribution >= 4 is 34.2 Å². The lowest BCUT2D eigenvalue weighted by Crippen LogP contribution is -1.85. The minimum atomic E-state index is 0.642. The van der Waals surface area contributed by atoms with Crippen molar-refractivity contribution in [3.05, 3.63) is 63.2 Å². The molecular formula is C16H12INO. The molecule has 2 aromatic rings. The van der Waals surface area contributed by atoms with E-state index in [2.05, 4.69) is 28.7 Å². The molecule has 3 heteroatoms. The number of allylic oxidation sites excluding steroid dienone is 1. The van der Waals surface area contributed by atoms with E-state index in [0.717, 1.165) is 16.9 Å². The summed E-state index contributed by atoms with van der Waals surface area (Å²) in [5, 5.41) is 9.27. The van der Waals surface area contributed by atoms with Gasteiger partial charge in [-0.15, -0.1) is 0 Å². The van der Waals surface area contributed by atoms with Crippen molar-refractivity contribution in [2.75, 3.05) is 7.11 Å². The second kappa shape index (κ2) is 6.39. The molecule has 0 radical (unpaired) electrons. The van der Waals surface area contributed by atoms with Gasteiger partial charge in [0.25, 0.3) is 0 Å². The van der Waals surface area contributed by atoms with Gasteiger partial charge in [-0.05, 0) is 76.2 Å². The van der Waals surface area contributed by atoms with Crippen LogP contribution in [0, 0.1) is 14.9 Å². The van der Waals surface area contributed by atoms with E-state index in [4.69, 9.17) is 4.74 Å². The quantitative estimate of drug-likeness (QED) is 0.462. The zero-order valence-electron chi connectivity index (χ0n) is 10.4. The molecule has 0 saturated heterocycles. The van der Waals surface area contributed by atoms with Gasteiger partial charge in [-0.25, -0.2) is 0 Å². The number of nitrogens with zero attached hydrogens (tertiary/aromatic N) is 1. The molecule has 0 spiro atoms. The van der Waals surface area contributed by atoms with Gasteiger partial charge in [0.05, 0.1) is 18.8 Å². The van der Waals surface area contributed by atoms with Crippen LogP contribution in [-0.4, -0.2) is 7.11 Å². The third-order valence-corrected chi connectivity index (χ3v) is 3.42. The first-order valence-corrected chi connectivity index (χ1v) is 6.82. The lowest BCUT2D eigenvalue weighted by Gasteiger charge is -2.02. The number of hydrogen-bond acceptors (Lipinski definition) is 2. The van der Waals surface area contributed by atoms with Crippen LogP contribution in [0.5, 0.6) is 5.75 Å². The van der Waals surface area contributed by atoms with E-state index in [1.807, 2.05) is 54.6 Å². The van der Waals surface area contributed by atoms with Gasteiger partial charge in [0.15, 0.2) is 0 Å². The average molecular weight is 361 g/mol. The minimum Gasteiger partial charge on any atom is -0.497 e. The molecule has 0 bridgehead atoms. The van der Waals surface area contributed by atoms with Gasteiger partial charge in [-0.1, -0.05) is 12.1 Å². The van der Waals surface area contributed by atoms with Crippen LogP contribution in [-0.2, 0) is 0 Å². The second-order valence-corrected chi connectivity index (χ2v) is 5.20. The highest BCUT2D eigenvalue weighted by Crippen LogP contribution is 2.21. The van der Waals surface area contributed by atoms with Crippen molar-refractivity contribution in [3.63, 3.8) is 0 Å². The molecule has 0 fully saturated rings. The van der Waals surface area contributed by atoms with Crippen molar-refractivity contribution in [1.29, 1.82) is 5.26 Å². The van der Waals surface area contributed by atoms with E-state index in [9.17, 15) is 5.26 Å². The fourth-order valence-electron chi connectivity index (χ4n) is 1.68. The van der Waals surface area contributed by atoms with Crippen LogP contribution >= 0.6 is 22.6 Å². The number of rotatable bonds is 3. The Labute approximate surface area is 126 Å². The monoisotopic (exact) mass is 361 g/mol. The van der Waals surface area contributed by atoms with Crippen LogP contribution in [0.15, 0.2) is 48.5 Å². The summed E-state index contributed by atoms with van der Waals surface area (Å²) in [6, 6.07) is 17.8. The molecule has 2 aromatic carbocycles. The van der Waals surface area contributed by atoms with E-state index in [-0.39, 0.29) is 0 Å². The molecule has 0 heterocycles. The third kappa shape index (κ3) is 3.58. The molecule has 2 nitrogen and oxygen atoms in total. The second-order valence-electron chi connectivity index (χ2n) is 3.95. The maximum atomic E-state index is 9.27. The normalized spacial score (nSPS) is 10.9. The average Bonchev–Trinajstić information content (AvgIpc) is 2.47. The largest absolute Gasteiger partial charge is 0.497 e. The number of methoxy groups -OCH3 is 1.